The molecule has 1 aliphatic heterocycles. The lowest BCUT2D eigenvalue weighted by Gasteiger charge is -2.25. The van der Waals surface area contributed by atoms with E-state index in [-0.39, 0.29) is 6.61 Å². The predicted octanol–water partition coefficient (Wildman–Crippen LogP) is 6.61. The Bertz CT molecular complexity index is 1860. The van der Waals surface area contributed by atoms with E-state index in [1.165, 1.54) is 0 Å². The molecule has 1 aliphatic rings. The fourth-order valence-electron chi connectivity index (χ4n) is 5.69. The van der Waals surface area contributed by atoms with Gasteiger partial charge in [0.25, 0.3) is 0 Å². The van der Waals surface area contributed by atoms with E-state index >= 15 is 0 Å². The first-order valence-corrected chi connectivity index (χ1v) is 15.0. The molecule has 0 aliphatic carbocycles. The smallest absolute Gasteiger partial charge is 0.338 e. The average molecular weight is 633 g/mol. The van der Waals surface area contributed by atoms with Crippen molar-refractivity contribution < 1.29 is 42.8 Å². The molecule has 9 nitrogen and oxygen atoms in total. The molecule has 5 aromatic carbocycles. The molecule has 4 atom stereocenters. The second kappa shape index (κ2) is 14.2. The van der Waals surface area contributed by atoms with Crippen LogP contribution in [0.3, 0.4) is 0 Å². The number of rotatable bonds is 10. The molecule has 0 saturated carbocycles. The van der Waals surface area contributed by atoms with Crippen molar-refractivity contribution in [2.75, 3.05) is 20.8 Å². The maximum atomic E-state index is 13.6. The number of fused-ring (bicyclic) bond motifs is 1. The maximum absolute atomic E-state index is 13.6. The molecule has 0 radical (unpaired) electrons. The zero-order valence-electron chi connectivity index (χ0n) is 25.7. The van der Waals surface area contributed by atoms with Crippen LogP contribution in [0.15, 0.2) is 121 Å². The van der Waals surface area contributed by atoms with Gasteiger partial charge in [-0.1, -0.05) is 72.8 Å². The van der Waals surface area contributed by atoms with Crippen molar-refractivity contribution in [1.29, 1.82) is 0 Å². The molecule has 0 amide bonds. The highest BCUT2D eigenvalue weighted by Gasteiger charge is 2.51. The third-order valence-electron chi connectivity index (χ3n) is 7.94. The van der Waals surface area contributed by atoms with Crippen molar-refractivity contribution in [2.24, 2.45) is 0 Å². The standard InChI is InChI=1S/C38H32O9/c1-42-29-22-21-28(32-27(29)19-12-20-30(32)43-2)33-35(47-38(41)26-17-10-5-11-18-26)34(46-37(40)25-15-8-4-9-16-25)31(45-33)23-44-36(39)24-13-6-3-7-14-24/h3-22,31,33-35H,23H2,1-2H3/t31-,33-,34-,35+/m1/s1. The molecule has 9 heteroatoms. The summed E-state index contributed by atoms with van der Waals surface area (Å²) in [7, 11) is 3.12. The summed E-state index contributed by atoms with van der Waals surface area (Å²) in [5.74, 6) is -0.752. The number of carbonyl (C=O) groups excluding carboxylic acids is 3. The zero-order chi connectivity index (χ0) is 32.8. The van der Waals surface area contributed by atoms with Crippen LogP contribution in [0.2, 0.25) is 0 Å². The molecular weight excluding hydrogens is 600 g/mol. The normalized spacial score (nSPS) is 18.7. The number of hydrogen-bond acceptors (Lipinski definition) is 9. The van der Waals surface area contributed by atoms with E-state index in [1.54, 1.807) is 123 Å². The van der Waals surface area contributed by atoms with Gasteiger partial charge < -0.3 is 28.4 Å². The monoisotopic (exact) mass is 632 g/mol. The van der Waals surface area contributed by atoms with Crippen molar-refractivity contribution >= 4 is 28.7 Å². The number of hydrogen-bond donors (Lipinski definition) is 0. The first-order valence-electron chi connectivity index (χ1n) is 15.0. The fourth-order valence-corrected chi connectivity index (χ4v) is 5.69. The van der Waals surface area contributed by atoms with Gasteiger partial charge in [0.15, 0.2) is 12.2 Å². The maximum Gasteiger partial charge on any atom is 0.338 e. The molecule has 0 unspecified atom stereocenters. The van der Waals surface area contributed by atoms with Crippen LogP contribution < -0.4 is 9.47 Å². The Balaban J connectivity index is 1.44. The topological polar surface area (TPSA) is 107 Å². The molecule has 5 aromatic rings. The summed E-state index contributed by atoms with van der Waals surface area (Å²) < 4.78 is 35.9. The number of methoxy groups -OCH3 is 2. The summed E-state index contributed by atoms with van der Waals surface area (Å²) in [4.78, 5) is 40.0. The number of esters is 3. The third kappa shape index (κ3) is 6.66. The van der Waals surface area contributed by atoms with E-state index in [9.17, 15) is 14.4 Å². The van der Waals surface area contributed by atoms with Gasteiger partial charge in [-0.2, -0.15) is 0 Å². The molecule has 0 spiro atoms. The molecule has 1 saturated heterocycles. The lowest BCUT2D eigenvalue weighted by molar-refractivity contribution is -0.0449. The highest BCUT2D eigenvalue weighted by atomic mass is 16.6. The van der Waals surface area contributed by atoms with Gasteiger partial charge in [0.05, 0.1) is 30.9 Å². The minimum Gasteiger partial charge on any atom is -0.496 e. The van der Waals surface area contributed by atoms with Crippen LogP contribution in [-0.4, -0.2) is 57.0 Å². The van der Waals surface area contributed by atoms with Gasteiger partial charge in [-0.3, -0.25) is 0 Å². The Morgan fingerprint density at radius 2 is 1.11 bits per heavy atom. The van der Waals surface area contributed by atoms with Crippen LogP contribution in [0.1, 0.15) is 42.7 Å². The minimum absolute atomic E-state index is 0.290. The first kappa shape index (κ1) is 31.3. The third-order valence-corrected chi connectivity index (χ3v) is 7.94. The van der Waals surface area contributed by atoms with Gasteiger partial charge >= 0.3 is 17.9 Å². The van der Waals surface area contributed by atoms with Crippen LogP contribution in [0.4, 0.5) is 0 Å². The Hall–Kier alpha value is -5.67. The van der Waals surface area contributed by atoms with Crippen LogP contribution >= 0.6 is 0 Å². The summed E-state index contributed by atoms with van der Waals surface area (Å²) in [6.07, 6.45) is -4.31. The lowest BCUT2D eigenvalue weighted by Crippen LogP contribution is -2.40. The molecule has 238 valence electrons. The van der Waals surface area contributed by atoms with Crippen molar-refractivity contribution in [3.63, 3.8) is 0 Å². The molecular formula is C38H32O9. The van der Waals surface area contributed by atoms with Crippen LogP contribution in [0.5, 0.6) is 11.5 Å². The summed E-state index contributed by atoms with van der Waals surface area (Å²) >= 11 is 0. The zero-order valence-corrected chi connectivity index (χ0v) is 25.7. The average Bonchev–Trinajstić information content (AvgIpc) is 3.46. The summed E-state index contributed by atoms with van der Waals surface area (Å²) in [5, 5.41) is 1.40. The van der Waals surface area contributed by atoms with Gasteiger partial charge in [-0.25, -0.2) is 14.4 Å². The molecule has 0 N–H and O–H groups in total. The quantitative estimate of drug-likeness (QED) is 0.124. The summed E-state index contributed by atoms with van der Waals surface area (Å²) in [5.41, 5.74) is 1.54. The van der Waals surface area contributed by atoms with E-state index in [1.807, 2.05) is 12.1 Å². The van der Waals surface area contributed by atoms with E-state index in [0.717, 1.165) is 5.39 Å². The van der Waals surface area contributed by atoms with Crippen molar-refractivity contribution in [3.8, 4) is 11.5 Å². The van der Waals surface area contributed by atoms with E-state index < -0.39 is 42.3 Å². The Morgan fingerprint density at radius 3 is 1.66 bits per heavy atom. The second-order valence-corrected chi connectivity index (χ2v) is 10.8. The molecule has 0 aromatic heterocycles. The lowest BCUT2D eigenvalue weighted by atomic mass is 9.94. The number of carbonyl (C=O) groups is 3. The highest BCUT2D eigenvalue weighted by Crippen LogP contribution is 2.45. The first-order chi connectivity index (χ1) is 23.0. The minimum atomic E-state index is -1.17. The Morgan fingerprint density at radius 1 is 0.574 bits per heavy atom. The van der Waals surface area contributed by atoms with Gasteiger partial charge in [0.2, 0.25) is 0 Å². The second-order valence-electron chi connectivity index (χ2n) is 10.8. The Labute approximate surface area is 271 Å². The van der Waals surface area contributed by atoms with E-state index in [0.29, 0.717) is 39.1 Å². The van der Waals surface area contributed by atoms with Crippen LogP contribution in [0.25, 0.3) is 10.8 Å². The van der Waals surface area contributed by atoms with Crippen molar-refractivity contribution in [3.05, 3.63) is 144 Å². The predicted molar refractivity (Wildman–Crippen MR) is 173 cm³/mol. The molecule has 0 bridgehead atoms. The fraction of sp³-hybridized carbons (Fsp3) is 0.184. The van der Waals surface area contributed by atoms with Crippen LogP contribution in [-0.2, 0) is 18.9 Å². The van der Waals surface area contributed by atoms with Gasteiger partial charge in [0.1, 0.15) is 30.3 Å². The van der Waals surface area contributed by atoms with E-state index in [2.05, 4.69) is 0 Å². The molecule has 47 heavy (non-hydrogen) atoms. The highest BCUT2D eigenvalue weighted by molar-refractivity contribution is 5.96. The van der Waals surface area contributed by atoms with Gasteiger partial charge in [-0.05, 0) is 54.1 Å². The van der Waals surface area contributed by atoms with Crippen LogP contribution in [0, 0.1) is 0 Å². The summed E-state index contributed by atoms with van der Waals surface area (Å²) in [6, 6.07) is 34.5. The van der Waals surface area contributed by atoms with Crippen molar-refractivity contribution in [1.82, 2.24) is 0 Å². The van der Waals surface area contributed by atoms with E-state index in [4.69, 9.17) is 28.4 Å². The van der Waals surface area contributed by atoms with Crippen molar-refractivity contribution in [2.45, 2.75) is 24.4 Å². The molecule has 6 rings (SSSR count). The summed E-state index contributed by atoms with van der Waals surface area (Å²) in [6.45, 7) is -0.290. The Kier molecular flexibility index (Phi) is 9.45. The molecule has 1 heterocycles. The SMILES string of the molecule is COc1ccc([C@H]2O[C@H](COC(=O)c3ccccc3)[C@@H](OC(=O)c3ccccc3)[C@H]2OC(=O)c2ccccc2)c2c(OC)cccc12. The number of benzene rings is 5. The largest absolute Gasteiger partial charge is 0.496 e. The molecule has 1 fully saturated rings. The van der Waals surface area contributed by atoms with Gasteiger partial charge in [0, 0.05) is 10.8 Å². The number of ether oxygens (including phenoxy) is 6. The van der Waals surface area contributed by atoms with Gasteiger partial charge in [-0.15, -0.1) is 0 Å².